The number of hydrogen-bond donors (Lipinski definition) is 1. The molecule has 9 heteroatoms. The number of carbonyl (C=O) groups excluding carboxylic acids is 1. The Labute approximate surface area is 220 Å². The number of nitrogens with zero attached hydrogens (tertiary/aromatic N) is 3. The number of likely N-dealkylation sites (tertiary alicyclic amines) is 1. The largest absolute Gasteiger partial charge is 0.495 e. The predicted molar refractivity (Wildman–Crippen MR) is 145 cm³/mol. The summed E-state index contributed by atoms with van der Waals surface area (Å²) in [4.78, 5) is 21.4. The van der Waals surface area contributed by atoms with Crippen molar-refractivity contribution in [2.45, 2.75) is 38.2 Å². The van der Waals surface area contributed by atoms with Gasteiger partial charge in [-0.25, -0.2) is 14.2 Å². The highest BCUT2D eigenvalue weighted by molar-refractivity contribution is 9.10. The molecule has 4 rings (SSSR count). The van der Waals surface area contributed by atoms with E-state index in [1.165, 1.54) is 12.3 Å². The van der Waals surface area contributed by atoms with Crippen molar-refractivity contribution in [2.24, 2.45) is 4.99 Å². The van der Waals surface area contributed by atoms with Gasteiger partial charge in [-0.15, -0.1) is 0 Å². The second-order valence-electron chi connectivity index (χ2n) is 9.62. The first-order valence-corrected chi connectivity index (χ1v) is 12.8. The van der Waals surface area contributed by atoms with E-state index in [2.05, 4.69) is 58.6 Å². The van der Waals surface area contributed by atoms with Crippen LogP contribution in [0.3, 0.4) is 0 Å². The summed E-state index contributed by atoms with van der Waals surface area (Å²) in [5, 5.41) is 3.12. The molecule has 1 amide bonds. The Balaban J connectivity index is 1.78. The molecule has 2 aromatic carbocycles. The Hall–Kier alpha value is -2.91. The number of ether oxygens (including phenoxy) is 2. The van der Waals surface area contributed by atoms with Crippen molar-refractivity contribution in [3.05, 3.63) is 64.5 Å². The zero-order chi connectivity index (χ0) is 26.0. The minimum absolute atomic E-state index is 0.0975. The molecule has 0 saturated carbocycles. The second kappa shape index (κ2) is 10.6. The van der Waals surface area contributed by atoms with Gasteiger partial charge in [-0.3, -0.25) is 4.90 Å². The van der Waals surface area contributed by atoms with Crippen LogP contribution in [0.1, 0.15) is 43.7 Å². The van der Waals surface area contributed by atoms with Gasteiger partial charge in [0.1, 0.15) is 23.0 Å². The highest BCUT2D eigenvalue weighted by Gasteiger charge is 2.47. The van der Waals surface area contributed by atoms with E-state index in [0.29, 0.717) is 28.3 Å². The molecule has 0 aliphatic carbocycles. The number of amidine groups is 1. The molecular weight excluding hydrogens is 527 g/mol. The third-order valence-electron chi connectivity index (χ3n) is 6.79. The molecule has 0 atom stereocenters. The average Bonchev–Trinajstić information content (AvgIpc) is 3.17. The summed E-state index contributed by atoms with van der Waals surface area (Å²) in [6.45, 7) is 10.0. The van der Waals surface area contributed by atoms with Crippen LogP contribution in [-0.2, 0) is 4.74 Å². The summed E-state index contributed by atoms with van der Waals surface area (Å²) in [7, 11) is 3.66. The van der Waals surface area contributed by atoms with Crippen molar-refractivity contribution in [1.29, 1.82) is 0 Å². The smallest absolute Gasteiger partial charge is 0.415 e. The number of benzene rings is 2. The minimum atomic E-state index is -0.512. The Morgan fingerprint density at radius 3 is 2.64 bits per heavy atom. The number of methoxy groups -OCH3 is 1. The molecule has 0 unspecified atom stereocenters. The van der Waals surface area contributed by atoms with Gasteiger partial charge >= 0.3 is 6.09 Å². The number of piperidine rings is 1. The van der Waals surface area contributed by atoms with Gasteiger partial charge in [0, 0.05) is 42.2 Å². The van der Waals surface area contributed by atoms with Crippen molar-refractivity contribution in [2.75, 3.05) is 44.0 Å². The third kappa shape index (κ3) is 5.27. The van der Waals surface area contributed by atoms with Gasteiger partial charge in [0.05, 0.1) is 25.0 Å². The van der Waals surface area contributed by atoms with Gasteiger partial charge in [0.15, 0.2) is 0 Å². The lowest BCUT2D eigenvalue weighted by Gasteiger charge is -2.35. The monoisotopic (exact) mass is 558 g/mol. The fraction of sp³-hybridized carbons (Fsp3) is 0.407. The van der Waals surface area contributed by atoms with Crippen LogP contribution in [-0.4, -0.2) is 56.2 Å². The zero-order valence-electron chi connectivity index (χ0n) is 21.1. The van der Waals surface area contributed by atoms with Crippen molar-refractivity contribution >= 4 is 39.2 Å². The van der Waals surface area contributed by atoms with Gasteiger partial charge < -0.3 is 19.7 Å². The number of halogens is 2. The number of aliphatic imine (C=N–C) groups is 1. The fourth-order valence-electron chi connectivity index (χ4n) is 4.72. The maximum atomic E-state index is 14.7. The molecule has 0 bridgehead atoms. The van der Waals surface area contributed by atoms with E-state index >= 15 is 0 Å². The van der Waals surface area contributed by atoms with Gasteiger partial charge in [-0.2, -0.15) is 0 Å². The molecule has 192 valence electrons. The SMILES string of the molecule is C=C/N=C(/Nc1ccc(Br)cc1F)c1cc(N2CC3(CCN(C)CC3)OC2=O)c(OC)cc1C(C)C. The van der Waals surface area contributed by atoms with Crippen LogP contribution in [0.4, 0.5) is 20.6 Å². The molecule has 2 aliphatic rings. The Morgan fingerprint density at radius 2 is 2.03 bits per heavy atom. The Morgan fingerprint density at radius 1 is 1.31 bits per heavy atom. The topological polar surface area (TPSA) is 66.4 Å². The van der Waals surface area contributed by atoms with Gasteiger partial charge in [-0.05, 0) is 48.9 Å². The number of amides is 1. The standard InChI is InChI=1S/C27H32BrFN4O3/c1-6-30-25(31-22-8-7-18(28)13-21(22)29)20-14-23(24(35-5)15-19(20)17(2)3)33-16-27(36-26(33)34)9-11-32(4)12-10-27/h6-8,13-15,17H,1,9-12,16H2,2-5H3,(H,30,31). The predicted octanol–water partition coefficient (Wildman–Crippen LogP) is 6.14. The maximum Gasteiger partial charge on any atom is 0.415 e. The molecular formula is C27H32BrFN4O3. The summed E-state index contributed by atoms with van der Waals surface area (Å²) < 4.78 is 27.0. The van der Waals surface area contributed by atoms with E-state index in [9.17, 15) is 9.18 Å². The summed E-state index contributed by atoms with van der Waals surface area (Å²) in [6.07, 6.45) is 2.57. The van der Waals surface area contributed by atoms with Crippen LogP contribution in [0, 0.1) is 5.82 Å². The minimum Gasteiger partial charge on any atom is -0.495 e. The molecule has 1 spiro atoms. The van der Waals surface area contributed by atoms with Crippen LogP contribution in [0.2, 0.25) is 0 Å². The highest BCUT2D eigenvalue weighted by atomic mass is 79.9. The molecule has 2 saturated heterocycles. The maximum absolute atomic E-state index is 14.7. The van der Waals surface area contributed by atoms with Crippen LogP contribution in [0.25, 0.3) is 0 Å². The van der Waals surface area contributed by atoms with E-state index < -0.39 is 17.5 Å². The van der Waals surface area contributed by atoms with Crippen molar-refractivity contribution in [1.82, 2.24) is 4.90 Å². The van der Waals surface area contributed by atoms with Gasteiger partial charge in [0.2, 0.25) is 0 Å². The van der Waals surface area contributed by atoms with E-state index in [0.717, 1.165) is 37.1 Å². The van der Waals surface area contributed by atoms with Crippen LogP contribution < -0.4 is 15.0 Å². The number of rotatable bonds is 6. The molecule has 2 aliphatic heterocycles. The first-order valence-electron chi connectivity index (χ1n) is 12.0. The summed E-state index contributed by atoms with van der Waals surface area (Å²) >= 11 is 3.29. The number of hydrogen-bond acceptors (Lipinski definition) is 5. The first kappa shape index (κ1) is 26.2. The van der Waals surface area contributed by atoms with Crippen molar-refractivity contribution < 1.29 is 18.7 Å². The lowest BCUT2D eigenvalue weighted by Crippen LogP contribution is -2.45. The van der Waals surface area contributed by atoms with Crippen LogP contribution >= 0.6 is 15.9 Å². The van der Waals surface area contributed by atoms with E-state index in [-0.39, 0.29) is 11.6 Å². The summed E-state index contributed by atoms with van der Waals surface area (Å²) in [6, 6.07) is 8.56. The van der Waals surface area contributed by atoms with Crippen LogP contribution in [0.5, 0.6) is 5.75 Å². The van der Waals surface area contributed by atoms with E-state index in [1.54, 1.807) is 24.1 Å². The molecule has 2 fully saturated rings. The first-order chi connectivity index (χ1) is 17.2. The quantitative estimate of drug-likeness (QED) is 0.340. The van der Waals surface area contributed by atoms with E-state index in [1.807, 2.05) is 12.1 Å². The second-order valence-corrected chi connectivity index (χ2v) is 10.5. The number of carbonyl (C=O) groups is 1. The molecule has 2 aromatic rings. The molecule has 0 radical (unpaired) electrons. The van der Waals surface area contributed by atoms with Gasteiger partial charge in [0.25, 0.3) is 0 Å². The third-order valence-corrected chi connectivity index (χ3v) is 7.29. The summed E-state index contributed by atoms with van der Waals surface area (Å²) in [5.74, 6) is 0.658. The normalized spacial score (nSPS) is 18.0. The number of nitrogens with one attached hydrogen (secondary N) is 1. The van der Waals surface area contributed by atoms with Crippen LogP contribution in [0.15, 0.2) is 52.6 Å². The van der Waals surface area contributed by atoms with Crippen molar-refractivity contribution in [3.63, 3.8) is 0 Å². The van der Waals surface area contributed by atoms with E-state index in [4.69, 9.17) is 9.47 Å². The van der Waals surface area contributed by atoms with Gasteiger partial charge in [-0.1, -0.05) is 36.4 Å². The fourth-order valence-corrected chi connectivity index (χ4v) is 5.05. The molecule has 1 N–H and O–H groups in total. The molecule has 0 aromatic heterocycles. The number of anilines is 2. The summed E-state index contributed by atoms with van der Waals surface area (Å²) in [5.41, 5.74) is 2.01. The molecule has 7 nitrogen and oxygen atoms in total. The zero-order valence-corrected chi connectivity index (χ0v) is 22.7. The Bertz CT molecular complexity index is 1190. The molecule has 36 heavy (non-hydrogen) atoms. The lowest BCUT2D eigenvalue weighted by molar-refractivity contribution is 0.00678. The molecule has 2 heterocycles. The average molecular weight is 559 g/mol. The highest BCUT2D eigenvalue weighted by Crippen LogP contribution is 2.41. The van der Waals surface area contributed by atoms with Crippen molar-refractivity contribution in [3.8, 4) is 5.75 Å². The Kier molecular flexibility index (Phi) is 7.70. The lowest BCUT2D eigenvalue weighted by atomic mass is 9.91.